The van der Waals surface area contributed by atoms with Crippen LogP contribution < -0.4 is 0 Å². The van der Waals surface area contributed by atoms with E-state index in [4.69, 9.17) is 0 Å². The van der Waals surface area contributed by atoms with Crippen molar-refractivity contribution in [2.45, 2.75) is 25.3 Å². The van der Waals surface area contributed by atoms with Crippen molar-refractivity contribution in [3.8, 4) is 0 Å². The van der Waals surface area contributed by atoms with Crippen LogP contribution in [-0.2, 0) is 16.8 Å². The zero-order chi connectivity index (χ0) is 14.7. The van der Waals surface area contributed by atoms with Crippen LogP contribution in [0.3, 0.4) is 0 Å². The van der Waals surface area contributed by atoms with Crippen LogP contribution in [0.1, 0.15) is 24.5 Å². The van der Waals surface area contributed by atoms with E-state index in [1.54, 1.807) is 0 Å². The molecule has 0 radical (unpaired) electrons. The second-order valence-corrected chi connectivity index (χ2v) is 5.43. The van der Waals surface area contributed by atoms with Gasteiger partial charge in [0.2, 0.25) is 5.91 Å². The second-order valence-electron chi connectivity index (χ2n) is 5.43. The number of carbonyl (C=O) groups excluding carboxylic acids is 1. The normalized spacial score (nSPS) is 21.0. The Labute approximate surface area is 125 Å². The van der Waals surface area contributed by atoms with E-state index in [0.29, 0.717) is 6.54 Å². The zero-order valence-corrected chi connectivity index (χ0v) is 12.2. The zero-order valence-electron chi connectivity index (χ0n) is 12.2. The number of nitrogens with zero attached hydrogens (tertiary/aromatic N) is 1. The second kappa shape index (κ2) is 5.57. The van der Waals surface area contributed by atoms with Crippen molar-refractivity contribution in [2.75, 3.05) is 0 Å². The standard InChI is InChI=1S/C19H19NO/c1-2-19(17-11-7-4-8-12-17)13-14-20(18(19)21)15-16-9-5-3-6-10-16/h3-14H,2,15H2,1H3. The van der Waals surface area contributed by atoms with Gasteiger partial charge in [-0.3, -0.25) is 4.79 Å². The Morgan fingerprint density at radius 2 is 1.57 bits per heavy atom. The minimum Gasteiger partial charge on any atom is -0.314 e. The third-order valence-electron chi connectivity index (χ3n) is 4.22. The van der Waals surface area contributed by atoms with Gasteiger partial charge in [0.25, 0.3) is 0 Å². The Balaban J connectivity index is 1.87. The summed E-state index contributed by atoms with van der Waals surface area (Å²) >= 11 is 0. The van der Waals surface area contributed by atoms with Crippen LogP contribution in [0.5, 0.6) is 0 Å². The SMILES string of the molecule is CCC1(c2ccccc2)C=CN(Cc2ccccc2)C1=O. The van der Waals surface area contributed by atoms with Gasteiger partial charge in [-0.1, -0.05) is 67.6 Å². The number of amides is 1. The van der Waals surface area contributed by atoms with Gasteiger partial charge in [0, 0.05) is 6.20 Å². The Morgan fingerprint density at radius 3 is 2.19 bits per heavy atom. The van der Waals surface area contributed by atoms with Crippen molar-refractivity contribution in [3.05, 3.63) is 84.1 Å². The maximum atomic E-state index is 12.9. The van der Waals surface area contributed by atoms with Crippen molar-refractivity contribution in [2.24, 2.45) is 0 Å². The topological polar surface area (TPSA) is 20.3 Å². The Kier molecular flexibility index (Phi) is 3.61. The number of carbonyl (C=O) groups is 1. The van der Waals surface area contributed by atoms with Gasteiger partial charge in [0.05, 0.1) is 12.0 Å². The molecule has 0 N–H and O–H groups in total. The smallest absolute Gasteiger partial charge is 0.241 e. The van der Waals surface area contributed by atoms with Gasteiger partial charge in [-0.15, -0.1) is 0 Å². The van der Waals surface area contributed by atoms with E-state index >= 15 is 0 Å². The van der Waals surface area contributed by atoms with Crippen LogP contribution in [0, 0.1) is 0 Å². The molecule has 0 saturated heterocycles. The van der Waals surface area contributed by atoms with Crippen molar-refractivity contribution in [3.63, 3.8) is 0 Å². The first-order valence-electron chi connectivity index (χ1n) is 7.36. The average Bonchev–Trinajstić information content (AvgIpc) is 2.87. The summed E-state index contributed by atoms with van der Waals surface area (Å²) in [5.74, 6) is 0.167. The molecule has 1 heterocycles. The summed E-state index contributed by atoms with van der Waals surface area (Å²) in [6.45, 7) is 2.70. The summed E-state index contributed by atoms with van der Waals surface area (Å²) in [4.78, 5) is 14.8. The molecule has 0 spiro atoms. The molecule has 106 valence electrons. The van der Waals surface area contributed by atoms with Crippen LogP contribution in [0.15, 0.2) is 72.9 Å². The van der Waals surface area contributed by atoms with Gasteiger partial charge in [-0.05, 0) is 23.6 Å². The average molecular weight is 277 g/mol. The van der Waals surface area contributed by atoms with Crippen LogP contribution in [-0.4, -0.2) is 10.8 Å². The lowest BCUT2D eigenvalue weighted by atomic mass is 9.78. The molecule has 1 amide bonds. The van der Waals surface area contributed by atoms with Crippen molar-refractivity contribution in [1.82, 2.24) is 4.90 Å². The summed E-state index contributed by atoms with van der Waals surface area (Å²) < 4.78 is 0. The first-order valence-corrected chi connectivity index (χ1v) is 7.36. The van der Waals surface area contributed by atoms with Gasteiger partial charge in [-0.25, -0.2) is 0 Å². The summed E-state index contributed by atoms with van der Waals surface area (Å²) in [5.41, 5.74) is 1.72. The summed E-state index contributed by atoms with van der Waals surface area (Å²) in [6, 6.07) is 20.2. The third kappa shape index (κ3) is 2.38. The summed E-state index contributed by atoms with van der Waals surface area (Å²) in [7, 11) is 0. The quantitative estimate of drug-likeness (QED) is 0.830. The predicted octanol–water partition coefficient (Wildman–Crippen LogP) is 3.89. The lowest BCUT2D eigenvalue weighted by molar-refractivity contribution is -0.132. The van der Waals surface area contributed by atoms with Crippen molar-refractivity contribution >= 4 is 5.91 Å². The first kappa shape index (κ1) is 13.6. The molecule has 1 aliphatic rings. The lowest BCUT2D eigenvalue weighted by Gasteiger charge is -2.27. The van der Waals surface area contributed by atoms with Crippen LogP contribution in [0.4, 0.5) is 0 Å². The van der Waals surface area contributed by atoms with Gasteiger partial charge < -0.3 is 4.90 Å². The summed E-state index contributed by atoms with van der Waals surface area (Å²) in [5, 5.41) is 0. The van der Waals surface area contributed by atoms with E-state index in [-0.39, 0.29) is 5.91 Å². The number of benzene rings is 2. The molecule has 2 aromatic carbocycles. The molecule has 0 bridgehead atoms. The molecule has 0 fully saturated rings. The molecule has 0 aromatic heterocycles. The van der Waals surface area contributed by atoms with E-state index in [9.17, 15) is 4.79 Å². The highest BCUT2D eigenvalue weighted by molar-refractivity contribution is 5.93. The van der Waals surface area contributed by atoms with Gasteiger partial charge in [-0.2, -0.15) is 0 Å². The Bertz CT molecular complexity index is 648. The van der Waals surface area contributed by atoms with E-state index < -0.39 is 5.41 Å². The van der Waals surface area contributed by atoms with Crippen LogP contribution >= 0.6 is 0 Å². The molecule has 1 atom stereocenters. The van der Waals surface area contributed by atoms with Crippen molar-refractivity contribution in [1.29, 1.82) is 0 Å². The fraction of sp³-hybridized carbons (Fsp3) is 0.211. The summed E-state index contributed by atoms with van der Waals surface area (Å²) in [6.07, 6.45) is 4.76. The fourth-order valence-electron chi connectivity index (χ4n) is 2.95. The molecule has 1 unspecified atom stereocenters. The molecular formula is C19H19NO. The van der Waals surface area contributed by atoms with Gasteiger partial charge in [0.1, 0.15) is 0 Å². The van der Waals surface area contributed by atoms with E-state index in [1.165, 1.54) is 0 Å². The first-order chi connectivity index (χ1) is 10.3. The maximum absolute atomic E-state index is 12.9. The molecule has 0 aliphatic carbocycles. The number of hydrogen-bond acceptors (Lipinski definition) is 1. The van der Waals surface area contributed by atoms with Gasteiger partial charge >= 0.3 is 0 Å². The predicted molar refractivity (Wildman–Crippen MR) is 84.5 cm³/mol. The van der Waals surface area contributed by atoms with E-state index in [0.717, 1.165) is 17.5 Å². The Hall–Kier alpha value is -2.35. The highest BCUT2D eigenvalue weighted by Crippen LogP contribution is 2.36. The van der Waals surface area contributed by atoms with E-state index in [2.05, 4.69) is 19.1 Å². The van der Waals surface area contributed by atoms with Gasteiger partial charge in [0.15, 0.2) is 0 Å². The minimum atomic E-state index is -0.504. The molecule has 21 heavy (non-hydrogen) atoms. The lowest BCUT2D eigenvalue weighted by Crippen LogP contribution is -2.37. The van der Waals surface area contributed by atoms with Crippen molar-refractivity contribution < 1.29 is 4.79 Å². The highest BCUT2D eigenvalue weighted by atomic mass is 16.2. The number of rotatable bonds is 4. The molecular weight excluding hydrogens is 258 g/mol. The Morgan fingerprint density at radius 1 is 0.952 bits per heavy atom. The molecule has 1 aliphatic heterocycles. The highest BCUT2D eigenvalue weighted by Gasteiger charge is 2.42. The molecule has 2 nitrogen and oxygen atoms in total. The number of hydrogen-bond donors (Lipinski definition) is 0. The fourth-order valence-corrected chi connectivity index (χ4v) is 2.95. The monoisotopic (exact) mass is 277 g/mol. The third-order valence-corrected chi connectivity index (χ3v) is 4.22. The molecule has 2 aromatic rings. The van der Waals surface area contributed by atoms with Crippen LogP contribution in [0.2, 0.25) is 0 Å². The molecule has 3 rings (SSSR count). The maximum Gasteiger partial charge on any atom is 0.241 e. The molecule has 0 saturated carbocycles. The molecule has 2 heteroatoms. The van der Waals surface area contributed by atoms with E-state index in [1.807, 2.05) is 65.7 Å². The minimum absolute atomic E-state index is 0.167. The van der Waals surface area contributed by atoms with Crippen LogP contribution in [0.25, 0.3) is 0 Å². The largest absolute Gasteiger partial charge is 0.314 e.